The number of carbonyl (C=O) groups excluding carboxylic acids is 1. The maximum absolute atomic E-state index is 10.8. The molecule has 0 aliphatic rings. The van der Waals surface area contributed by atoms with Crippen LogP contribution in [0.1, 0.15) is 96.8 Å². The minimum atomic E-state index is -0.212. The molecule has 0 amide bonds. The van der Waals surface area contributed by atoms with Crippen LogP contribution in [-0.2, 0) is 8.98 Å². The van der Waals surface area contributed by atoms with Crippen LogP contribution in [0.3, 0.4) is 0 Å². The highest BCUT2D eigenvalue weighted by atomic mass is 32.1. The lowest BCUT2D eigenvalue weighted by atomic mass is 10.1. The summed E-state index contributed by atoms with van der Waals surface area (Å²) in [5.74, 6) is -0.212. The second kappa shape index (κ2) is 17.6. The molecule has 0 radical (unpaired) electrons. The fourth-order valence-electron chi connectivity index (χ4n) is 2.39. The summed E-state index contributed by atoms with van der Waals surface area (Å²) >= 11 is 3.49. The molecule has 0 unspecified atom stereocenters. The second-order valence-electron chi connectivity index (χ2n) is 5.80. The molecule has 0 fully saturated rings. The van der Waals surface area contributed by atoms with Crippen molar-refractivity contribution >= 4 is 18.9 Å². The Balaban J connectivity index is 3.10. The maximum atomic E-state index is 10.8. The summed E-state index contributed by atoms with van der Waals surface area (Å²) in [5.41, 5.74) is 0. The molecule has 0 aromatic rings. The van der Waals surface area contributed by atoms with Gasteiger partial charge in [0.1, 0.15) is 0 Å². The first-order chi connectivity index (χ1) is 10.3. The van der Waals surface area contributed by atoms with Crippen LogP contribution in [0.2, 0.25) is 0 Å². The van der Waals surface area contributed by atoms with Gasteiger partial charge in [-0.3, -0.25) is 4.79 Å². The lowest BCUT2D eigenvalue weighted by molar-refractivity contribution is -0.132. The molecule has 124 valence electrons. The Labute approximate surface area is 137 Å². The number of carbonyl (C=O) groups is 1. The van der Waals surface area contributed by atoms with E-state index in [4.69, 9.17) is 0 Å². The molecule has 0 aliphatic carbocycles. The van der Waals surface area contributed by atoms with Crippen LogP contribution in [-0.4, -0.2) is 5.97 Å². The molecule has 0 aromatic heterocycles. The van der Waals surface area contributed by atoms with Crippen LogP contribution in [0.4, 0.5) is 0 Å². The van der Waals surface area contributed by atoms with Gasteiger partial charge >= 0.3 is 5.97 Å². The first-order valence-electron chi connectivity index (χ1n) is 8.80. The summed E-state index contributed by atoms with van der Waals surface area (Å²) in [7, 11) is 0. The Morgan fingerprint density at radius 2 is 1.29 bits per heavy atom. The molecule has 0 aromatic carbocycles. The van der Waals surface area contributed by atoms with Gasteiger partial charge in [-0.2, -0.15) is 0 Å². The van der Waals surface area contributed by atoms with Crippen LogP contribution in [0.25, 0.3) is 0 Å². The average molecular weight is 315 g/mol. The monoisotopic (exact) mass is 314 g/mol. The summed E-state index contributed by atoms with van der Waals surface area (Å²) < 4.78 is 4.32. The van der Waals surface area contributed by atoms with Gasteiger partial charge in [-0.15, -0.1) is 0 Å². The first-order valence-corrected chi connectivity index (χ1v) is 9.17. The number of unbranched alkanes of at least 4 members (excludes halogenated alkanes) is 11. The molecule has 0 saturated carbocycles. The quantitative estimate of drug-likeness (QED) is 0.163. The van der Waals surface area contributed by atoms with E-state index in [0.717, 1.165) is 12.8 Å². The summed E-state index contributed by atoms with van der Waals surface area (Å²) in [6, 6.07) is 0. The van der Waals surface area contributed by atoms with Crippen LogP contribution in [0.5, 0.6) is 0 Å². The third kappa shape index (κ3) is 17.5. The zero-order valence-electron chi connectivity index (χ0n) is 13.8. The molecule has 0 rings (SSSR count). The van der Waals surface area contributed by atoms with E-state index in [0.29, 0.717) is 6.42 Å². The van der Waals surface area contributed by atoms with Crippen molar-refractivity contribution < 1.29 is 8.98 Å². The van der Waals surface area contributed by atoms with Gasteiger partial charge in [0.05, 0.1) is 0 Å². The lowest BCUT2D eigenvalue weighted by Crippen LogP contribution is -1.95. The minimum Gasteiger partial charge on any atom is -0.395 e. The van der Waals surface area contributed by atoms with Gasteiger partial charge in [0, 0.05) is 19.3 Å². The Bertz CT molecular complexity index is 252. The van der Waals surface area contributed by atoms with Crippen molar-refractivity contribution in [3.8, 4) is 0 Å². The molecule has 21 heavy (non-hydrogen) atoms. The minimum absolute atomic E-state index is 0.212. The van der Waals surface area contributed by atoms with E-state index in [-0.39, 0.29) is 5.97 Å². The largest absolute Gasteiger partial charge is 0.395 e. The molecule has 0 aliphatic heterocycles. The Morgan fingerprint density at radius 1 is 0.810 bits per heavy atom. The fraction of sp³-hybridized carbons (Fsp3) is 0.833. The Hall–Kier alpha value is -0.440. The highest BCUT2D eigenvalue weighted by Crippen LogP contribution is 2.10. The summed E-state index contributed by atoms with van der Waals surface area (Å²) in [6.07, 6.45) is 21.7. The van der Waals surface area contributed by atoms with Gasteiger partial charge < -0.3 is 4.18 Å². The predicted molar refractivity (Wildman–Crippen MR) is 94.5 cm³/mol. The molecule has 0 bridgehead atoms. The van der Waals surface area contributed by atoms with Gasteiger partial charge in [0.25, 0.3) is 0 Å². The summed E-state index contributed by atoms with van der Waals surface area (Å²) in [4.78, 5) is 10.8. The smallest absolute Gasteiger partial charge is 0.317 e. The molecule has 3 heteroatoms. The van der Waals surface area contributed by atoms with E-state index < -0.39 is 0 Å². The van der Waals surface area contributed by atoms with Crippen molar-refractivity contribution in [1.82, 2.24) is 0 Å². The van der Waals surface area contributed by atoms with E-state index >= 15 is 0 Å². The molecule has 2 nitrogen and oxygen atoms in total. The number of rotatable bonds is 15. The lowest BCUT2D eigenvalue weighted by Gasteiger charge is -2.00. The van der Waals surface area contributed by atoms with Crippen molar-refractivity contribution in [3.05, 3.63) is 12.2 Å². The Kier molecular flexibility index (Phi) is 17.2. The van der Waals surface area contributed by atoms with Crippen molar-refractivity contribution in [2.24, 2.45) is 0 Å². The molecular formula is C18H34O2S. The van der Waals surface area contributed by atoms with Crippen LogP contribution >= 0.6 is 12.9 Å². The molecule has 0 N–H and O–H groups in total. The van der Waals surface area contributed by atoms with E-state index in [1.807, 2.05) is 0 Å². The zero-order chi connectivity index (χ0) is 15.6. The van der Waals surface area contributed by atoms with Gasteiger partial charge in [-0.25, -0.2) is 0 Å². The van der Waals surface area contributed by atoms with Gasteiger partial charge in [-0.05, 0) is 32.1 Å². The van der Waals surface area contributed by atoms with E-state index in [9.17, 15) is 4.79 Å². The van der Waals surface area contributed by atoms with Crippen LogP contribution in [0, 0.1) is 0 Å². The Morgan fingerprint density at radius 3 is 1.81 bits per heavy atom. The molecular weight excluding hydrogens is 280 g/mol. The van der Waals surface area contributed by atoms with E-state index in [1.54, 1.807) is 0 Å². The maximum Gasteiger partial charge on any atom is 0.317 e. The third-order valence-corrected chi connectivity index (χ3v) is 3.95. The molecule has 0 saturated heterocycles. The third-order valence-electron chi connectivity index (χ3n) is 3.74. The van der Waals surface area contributed by atoms with Gasteiger partial charge in [0.15, 0.2) is 0 Å². The zero-order valence-corrected chi connectivity index (χ0v) is 14.7. The second-order valence-corrected chi connectivity index (χ2v) is 5.98. The topological polar surface area (TPSA) is 26.3 Å². The van der Waals surface area contributed by atoms with Crippen LogP contribution < -0.4 is 0 Å². The number of hydrogen-bond donors (Lipinski definition) is 1. The normalized spacial score (nSPS) is 11.1. The number of hydrogen-bond acceptors (Lipinski definition) is 3. The number of allylic oxidation sites excluding steroid dienone is 2. The predicted octanol–water partition coefficient (Wildman–Crippen LogP) is 6.41. The highest BCUT2D eigenvalue weighted by molar-refractivity contribution is 7.75. The van der Waals surface area contributed by atoms with E-state index in [1.165, 1.54) is 70.6 Å². The highest BCUT2D eigenvalue weighted by Gasteiger charge is 1.99. The standard InChI is InChI=1S/C18H34O2S/c1-2-3-4-5-6-7-8-9-10-11-12-13-14-15-16-17-18(19)20-21/h9-10,21H,2-8,11-17H2,1H3/b10-9-. The van der Waals surface area contributed by atoms with Crippen molar-refractivity contribution in [1.29, 1.82) is 0 Å². The van der Waals surface area contributed by atoms with Crippen molar-refractivity contribution in [3.63, 3.8) is 0 Å². The summed E-state index contributed by atoms with van der Waals surface area (Å²) in [5, 5.41) is 0. The first kappa shape index (κ1) is 20.6. The van der Waals surface area contributed by atoms with Crippen LogP contribution in [0.15, 0.2) is 12.2 Å². The fourth-order valence-corrected chi connectivity index (χ4v) is 2.48. The SMILES string of the molecule is CCCCCCCC/C=C\CCCCCCCC(=O)OS. The van der Waals surface area contributed by atoms with Crippen molar-refractivity contribution in [2.75, 3.05) is 0 Å². The average Bonchev–Trinajstić information content (AvgIpc) is 2.50. The summed E-state index contributed by atoms with van der Waals surface area (Å²) in [6.45, 7) is 2.26. The number of thiol groups is 1. The van der Waals surface area contributed by atoms with Gasteiger partial charge in [0.2, 0.25) is 0 Å². The molecule has 0 spiro atoms. The van der Waals surface area contributed by atoms with Crippen molar-refractivity contribution in [2.45, 2.75) is 96.8 Å². The molecule has 0 heterocycles. The molecule has 0 atom stereocenters. The van der Waals surface area contributed by atoms with E-state index in [2.05, 4.69) is 36.2 Å². The van der Waals surface area contributed by atoms with Gasteiger partial charge in [-0.1, -0.05) is 70.4 Å².